The molecule has 1 amide bonds. The van der Waals surface area contributed by atoms with E-state index < -0.39 is 0 Å². The molecule has 0 atom stereocenters. The van der Waals surface area contributed by atoms with Gasteiger partial charge < -0.3 is 10.3 Å². The summed E-state index contributed by atoms with van der Waals surface area (Å²) in [5.41, 5.74) is 6.63. The van der Waals surface area contributed by atoms with Crippen molar-refractivity contribution in [1.82, 2.24) is 35.3 Å². The fourth-order valence-corrected chi connectivity index (χ4v) is 5.27. The van der Waals surface area contributed by atoms with E-state index in [1.54, 1.807) is 4.68 Å². The Bertz CT molecular complexity index is 1570. The number of carbonyl (C=O) groups excluding carboxylic acids is 1. The van der Waals surface area contributed by atoms with E-state index in [0.29, 0.717) is 34.6 Å². The molecule has 5 rings (SSSR count). The van der Waals surface area contributed by atoms with Gasteiger partial charge in [0.25, 0.3) is 5.91 Å². The normalized spacial score (nSPS) is 11.2. The summed E-state index contributed by atoms with van der Waals surface area (Å²) in [7, 11) is 0. The van der Waals surface area contributed by atoms with Gasteiger partial charge in [-0.3, -0.25) is 4.79 Å². The van der Waals surface area contributed by atoms with Crippen molar-refractivity contribution in [2.45, 2.75) is 38.1 Å². The van der Waals surface area contributed by atoms with Crippen molar-refractivity contribution in [1.29, 1.82) is 0 Å². The predicted molar refractivity (Wildman–Crippen MR) is 147 cm³/mol. The van der Waals surface area contributed by atoms with Crippen molar-refractivity contribution in [2.75, 3.05) is 6.54 Å². The third-order valence-corrected chi connectivity index (χ3v) is 7.30. The van der Waals surface area contributed by atoms with Crippen molar-refractivity contribution in [3.8, 4) is 5.69 Å². The Morgan fingerprint density at radius 1 is 1.08 bits per heavy atom. The minimum Gasteiger partial charge on any atom is -0.361 e. The molecule has 0 aliphatic carbocycles. The van der Waals surface area contributed by atoms with Gasteiger partial charge in [0, 0.05) is 45.8 Å². The predicted octanol–water partition coefficient (Wildman–Crippen LogP) is 5.38. The Morgan fingerprint density at radius 3 is 2.65 bits per heavy atom. The van der Waals surface area contributed by atoms with Crippen LogP contribution in [0.5, 0.6) is 0 Å². The van der Waals surface area contributed by atoms with Gasteiger partial charge in [0.15, 0.2) is 10.9 Å². The second kappa shape index (κ2) is 10.7. The average molecular weight is 532 g/mol. The van der Waals surface area contributed by atoms with Crippen molar-refractivity contribution >= 4 is 40.2 Å². The van der Waals surface area contributed by atoms with Gasteiger partial charge in [0.2, 0.25) is 0 Å². The Hall–Kier alpha value is -3.69. The molecule has 0 unspecified atom stereocenters. The second-order valence-corrected chi connectivity index (χ2v) is 10.2. The monoisotopic (exact) mass is 531 g/mol. The van der Waals surface area contributed by atoms with Gasteiger partial charge >= 0.3 is 0 Å². The maximum Gasteiger partial charge on any atom is 0.273 e. The lowest BCUT2D eigenvalue weighted by atomic mass is 10.1. The molecule has 188 valence electrons. The molecular formula is C27H26ClN7OS. The number of hydrogen-bond acceptors (Lipinski definition) is 6. The lowest BCUT2D eigenvalue weighted by molar-refractivity contribution is 0.0948. The van der Waals surface area contributed by atoms with Gasteiger partial charge in [-0.2, -0.15) is 0 Å². The highest BCUT2D eigenvalue weighted by molar-refractivity contribution is 7.98. The third kappa shape index (κ3) is 5.52. The molecule has 0 saturated heterocycles. The number of nitrogens with one attached hydrogen (secondary N) is 2. The van der Waals surface area contributed by atoms with Gasteiger partial charge in [-0.15, -0.1) is 5.10 Å². The number of carbonyl (C=O) groups is 1. The van der Waals surface area contributed by atoms with E-state index in [4.69, 9.17) is 11.6 Å². The molecule has 3 heterocycles. The van der Waals surface area contributed by atoms with E-state index in [1.807, 2.05) is 69.4 Å². The standard InChI is InChI=1S/C27H26ClN7OS/c1-16-8-9-20(13-22(16)28)35-24(15-37-27-31-17(2)12-18(3)32-27)25(33-34-35)26(36)29-11-10-19-14-30-23-7-5-4-6-21(19)23/h4-9,12-14,30H,10-11,15H2,1-3H3,(H,29,36). The molecule has 2 aromatic carbocycles. The molecule has 0 aliphatic rings. The van der Waals surface area contributed by atoms with Crippen molar-refractivity contribution in [2.24, 2.45) is 0 Å². The maximum atomic E-state index is 13.2. The zero-order valence-electron chi connectivity index (χ0n) is 20.7. The van der Waals surface area contributed by atoms with Crippen molar-refractivity contribution < 1.29 is 4.79 Å². The van der Waals surface area contributed by atoms with E-state index in [-0.39, 0.29) is 11.6 Å². The number of hydrogen-bond donors (Lipinski definition) is 2. The number of amides is 1. The van der Waals surface area contributed by atoms with Crippen LogP contribution < -0.4 is 5.32 Å². The minimum atomic E-state index is -0.277. The Labute approximate surface area is 223 Å². The van der Waals surface area contributed by atoms with Gasteiger partial charge in [0.1, 0.15) is 0 Å². The number of aryl methyl sites for hydroxylation is 3. The first-order valence-corrected chi connectivity index (χ1v) is 13.2. The summed E-state index contributed by atoms with van der Waals surface area (Å²) in [5.74, 6) is 0.133. The molecule has 0 radical (unpaired) electrons. The minimum absolute atomic E-state index is 0.271. The van der Waals surface area contributed by atoms with Gasteiger partial charge in [-0.25, -0.2) is 14.6 Å². The molecule has 0 aliphatic heterocycles. The van der Waals surface area contributed by atoms with Crippen LogP contribution >= 0.6 is 23.4 Å². The number of H-pyrrole nitrogens is 1. The zero-order chi connectivity index (χ0) is 25.9. The summed E-state index contributed by atoms with van der Waals surface area (Å²) in [6, 6.07) is 15.7. The third-order valence-electron chi connectivity index (χ3n) is 6.03. The summed E-state index contributed by atoms with van der Waals surface area (Å²) in [6.07, 6.45) is 2.68. The largest absolute Gasteiger partial charge is 0.361 e. The fraction of sp³-hybridized carbons (Fsp3) is 0.222. The molecule has 0 bridgehead atoms. The van der Waals surface area contributed by atoms with Crippen molar-refractivity contribution in [3.05, 3.63) is 93.7 Å². The first kappa shape index (κ1) is 25.0. The first-order valence-electron chi connectivity index (χ1n) is 11.9. The molecule has 5 aromatic rings. The molecule has 8 nitrogen and oxygen atoms in total. The summed E-state index contributed by atoms with van der Waals surface area (Å²) in [5, 5.41) is 14.0. The van der Waals surface area contributed by atoms with Crippen LogP contribution in [0.1, 0.15) is 38.7 Å². The van der Waals surface area contributed by atoms with Crippen LogP contribution in [0, 0.1) is 20.8 Å². The number of benzene rings is 2. The Morgan fingerprint density at radius 2 is 1.86 bits per heavy atom. The molecule has 37 heavy (non-hydrogen) atoms. The number of para-hydroxylation sites is 1. The SMILES string of the molecule is Cc1cc(C)nc(SCc2c(C(=O)NCCc3c[nH]c4ccccc34)nnn2-c2ccc(C)c(Cl)c2)n1. The van der Waals surface area contributed by atoms with E-state index in [2.05, 4.69) is 36.6 Å². The van der Waals surface area contributed by atoms with E-state index in [0.717, 1.165) is 39.1 Å². The second-order valence-electron chi connectivity index (χ2n) is 8.82. The molecule has 3 aromatic heterocycles. The fourth-order valence-electron chi connectivity index (χ4n) is 4.15. The summed E-state index contributed by atoms with van der Waals surface area (Å²) in [4.78, 5) is 25.5. The molecule has 0 spiro atoms. The molecular weight excluding hydrogens is 506 g/mol. The smallest absolute Gasteiger partial charge is 0.273 e. The highest BCUT2D eigenvalue weighted by Gasteiger charge is 2.22. The number of nitrogens with zero attached hydrogens (tertiary/aromatic N) is 5. The van der Waals surface area contributed by atoms with E-state index >= 15 is 0 Å². The lowest BCUT2D eigenvalue weighted by Crippen LogP contribution is -2.27. The first-order chi connectivity index (χ1) is 17.9. The van der Waals surface area contributed by atoms with E-state index in [9.17, 15) is 4.79 Å². The van der Waals surface area contributed by atoms with Crippen LogP contribution in [0.4, 0.5) is 0 Å². The lowest BCUT2D eigenvalue weighted by Gasteiger charge is -2.10. The quantitative estimate of drug-likeness (QED) is 0.206. The number of aromatic amines is 1. The van der Waals surface area contributed by atoms with Crippen LogP contribution in [0.2, 0.25) is 5.02 Å². The highest BCUT2D eigenvalue weighted by Crippen LogP contribution is 2.26. The topological polar surface area (TPSA) is 101 Å². The molecule has 2 N–H and O–H groups in total. The number of thioether (sulfide) groups is 1. The zero-order valence-corrected chi connectivity index (χ0v) is 22.3. The van der Waals surface area contributed by atoms with Gasteiger partial charge in [-0.05, 0) is 62.6 Å². The number of fused-ring (bicyclic) bond motifs is 1. The number of rotatable bonds is 8. The van der Waals surface area contributed by atoms with Crippen LogP contribution in [-0.4, -0.2) is 42.4 Å². The summed E-state index contributed by atoms with van der Waals surface area (Å²) in [6.45, 7) is 6.28. The molecule has 0 fully saturated rings. The van der Waals surface area contributed by atoms with Crippen LogP contribution in [0.25, 0.3) is 16.6 Å². The number of aromatic nitrogens is 6. The number of halogens is 1. The van der Waals surface area contributed by atoms with E-state index in [1.165, 1.54) is 11.8 Å². The van der Waals surface area contributed by atoms with Crippen LogP contribution in [0.3, 0.4) is 0 Å². The Balaban J connectivity index is 1.38. The highest BCUT2D eigenvalue weighted by atomic mass is 35.5. The van der Waals surface area contributed by atoms with Gasteiger partial charge in [-0.1, -0.05) is 52.8 Å². The summed E-state index contributed by atoms with van der Waals surface area (Å²) >= 11 is 7.82. The van der Waals surface area contributed by atoms with Crippen LogP contribution in [0.15, 0.2) is 59.9 Å². The summed E-state index contributed by atoms with van der Waals surface area (Å²) < 4.78 is 1.66. The van der Waals surface area contributed by atoms with Gasteiger partial charge in [0.05, 0.1) is 11.4 Å². The molecule has 10 heteroatoms. The Kier molecular flexibility index (Phi) is 7.25. The maximum absolute atomic E-state index is 13.2. The van der Waals surface area contributed by atoms with Crippen molar-refractivity contribution in [3.63, 3.8) is 0 Å². The molecule has 0 saturated carbocycles. The average Bonchev–Trinajstić information content (AvgIpc) is 3.48. The van der Waals surface area contributed by atoms with Crippen LogP contribution in [-0.2, 0) is 12.2 Å².